The zero-order valence-corrected chi connectivity index (χ0v) is 13.9. The molecule has 2 rings (SSSR count). The van der Waals surface area contributed by atoms with Crippen LogP contribution in [0.3, 0.4) is 0 Å². The second-order valence-corrected chi connectivity index (χ2v) is 5.73. The van der Waals surface area contributed by atoms with Gasteiger partial charge in [-0.25, -0.2) is 0 Å². The first-order valence-electron chi connectivity index (χ1n) is 7.37. The number of carbonyl (C=O) groups is 2. The number of methoxy groups -OCH3 is 1. The number of benzene rings is 2. The summed E-state index contributed by atoms with van der Waals surface area (Å²) in [4.78, 5) is 23.3. The molecule has 0 unspecified atom stereocenters. The molecule has 2 aromatic rings. The van der Waals surface area contributed by atoms with Gasteiger partial charge in [-0.05, 0) is 35.4 Å². The molecule has 0 aliphatic heterocycles. The van der Waals surface area contributed by atoms with Crippen LogP contribution in [0.25, 0.3) is 0 Å². The quantitative estimate of drug-likeness (QED) is 0.806. The second kappa shape index (κ2) is 8.36. The molecule has 2 N–H and O–H groups in total. The van der Waals surface area contributed by atoms with Crippen LogP contribution in [0, 0.1) is 0 Å². The molecule has 0 saturated carbocycles. The predicted octanol–water partition coefficient (Wildman–Crippen LogP) is 3.22. The number of ether oxygens (including phenoxy) is 1. The standard InChI is InChI=1S/C18H18ClNO4/c1-24-15-8-4-13(5-9-15)16(11-18(22)23)20-17(21)10-12-2-6-14(19)7-3-12/h2-9,16H,10-11H2,1H3,(H,20,21)(H,22,23)/t16-/m0/s1. The minimum absolute atomic E-state index is 0.156. The largest absolute Gasteiger partial charge is 0.497 e. The van der Waals surface area contributed by atoms with Crippen LogP contribution in [0.2, 0.25) is 5.02 Å². The Morgan fingerprint density at radius 1 is 1.12 bits per heavy atom. The van der Waals surface area contributed by atoms with Gasteiger partial charge in [-0.1, -0.05) is 35.9 Å². The van der Waals surface area contributed by atoms with Gasteiger partial charge < -0.3 is 15.2 Å². The number of carbonyl (C=O) groups excluding carboxylic acids is 1. The topological polar surface area (TPSA) is 75.6 Å². The van der Waals surface area contributed by atoms with E-state index < -0.39 is 12.0 Å². The van der Waals surface area contributed by atoms with E-state index in [1.807, 2.05) is 0 Å². The molecular formula is C18H18ClNO4. The average Bonchev–Trinajstić information content (AvgIpc) is 2.56. The fourth-order valence-corrected chi connectivity index (χ4v) is 2.42. The van der Waals surface area contributed by atoms with Gasteiger partial charge in [0.2, 0.25) is 5.91 Å². The summed E-state index contributed by atoms with van der Waals surface area (Å²) >= 11 is 5.82. The van der Waals surface area contributed by atoms with Crippen LogP contribution in [-0.2, 0) is 16.0 Å². The second-order valence-electron chi connectivity index (χ2n) is 5.29. The number of rotatable bonds is 7. The van der Waals surface area contributed by atoms with Crippen molar-refractivity contribution in [1.29, 1.82) is 0 Å². The summed E-state index contributed by atoms with van der Waals surface area (Å²) in [6.45, 7) is 0. The summed E-state index contributed by atoms with van der Waals surface area (Å²) in [7, 11) is 1.55. The molecule has 1 amide bonds. The molecular weight excluding hydrogens is 330 g/mol. The molecule has 0 fully saturated rings. The summed E-state index contributed by atoms with van der Waals surface area (Å²) in [6, 6.07) is 13.3. The lowest BCUT2D eigenvalue weighted by Gasteiger charge is -2.18. The summed E-state index contributed by atoms with van der Waals surface area (Å²) in [5.74, 6) is -0.567. The maximum absolute atomic E-state index is 12.2. The van der Waals surface area contributed by atoms with Crippen molar-refractivity contribution in [3.63, 3.8) is 0 Å². The maximum atomic E-state index is 12.2. The average molecular weight is 348 g/mol. The third-order valence-electron chi connectivity index (χ3n) is 3.51. The molecule has 0 saturated heterocycles. The third kappa shape index (κ3) is 5.28. The van der Waals surface area contributed by atoms with Gasteiger partial charge in [0.15, 0.2) is 0 Å². The smallest absolute Gasteiger partial charge is 0.305 e. The molecule has 6 heteroatoms. The van der Waals surface area contributed by atoms with Crippen molar-refractivity contribution in [3.05, 3.63) is 64.7 Å². The molecule has 0 bridgehead atoms. The van der Waals surface area contributed by atoms with E-state index in [2.05, 4.69) is 5.32 Å². The Kier molecular flexibility index (Phi) is 6.21. The number of nitrogens with one attached hydrogen (secondary N) is 1. The molecule has 1 atom stereocenters. The van der Waals surface area contributed by atoms with Gasteiger partial charge >= 0.3 is 5.97 Å². The Morgan fingerprint density at radius 2 is 1.75 bits per heavy atom. The number of aliphatic carboxylic acids is 1. The number of amides is 1. The highest BCUT2D eigenvalue weighted by Gasteiger charge is 2.18. The monoisotopic (exact) mass is 347 g/mol. The number of carboxylic acid groups (broad SMARTS) is 1. The first-order valence-corrected chi connectivity index (χ1v) is 7.75. The molecule has 0 heterocycles. The molecule has 0 aliphatic carbocycles. The highest BCUT2D eigenvalue weighted by Crippen LogP contribution is 2.21. The minimum Gasteiger partial charge on any atom is -0.497 e. The minimum atomic E-state index is -0.984. The normalized spacial score (nSPS) is 11.6. The zero-order chi connectivity index (χ0) is 17.5. The van der Waals surface area contributed by atoms with Gasteiger partial charge in [0, 0.05) is 5.02 Å². The first-order chi connectivity index (χ1) is 11.5. The van der Waals surface area contributed by atoms with Crippen molar-refractivity contribution in [2.75, 3.05) is 7.11 Å². The van der Waals surface area contributed by atoms with Crippen LogP contribution < -0.4 is 10.1 Å². The van der Waals surface area contributed by atoms with Crippen LogP contribution in [0.1, 0.15) is 23.6 Å². The first kappa shape index (κ1) is 17.8. The Hall–Kier alpha value is -2.53. The van der Waals surface area contributed by atoms with Crippen LogP contribution >= 0.6 is 11.6 Å². The Labute approximate surface area is 145 Å². The van der Waals surface area contributed by atoms with Crippen LogP contribution in [0.15, 0.2) is 48.5 Å². The van der Waals surface area contributed by atoms with Crippen molar-refractivity contribution in [2.45, 2.75) is 18.9 Å². The van der Waals surface area contributed by atoms with Gasteiger partial charge in [-0.2, -0.15) is 0 Å². The highest BCUT2D eigenvalue weighted by molar-refractivity contribution is 6.30. The third-order valence-corrected chi connectivity index (χ3v) is 3.76. The predicted molar refractivity (Wildman–Crippen MR) is 91.3 cm³/mol. The summed E-state index contributed by atoms with van der Waals surface area (Å²) in [5.41, 5.74) is 1.52. The Morgan fingerprint density at radius 3 is 2.29 bits per heavy atom. The molecule has 0 radical (unpaired) electrons. The molecule has 24 heavy (non-hydrogen) atoms. The summed E-state index contributed by atoms with van der Waals surface area (Å²) in [6.07, 6.45) is -0.0396. The van der Waals surface area contributed by atoms with E-state index in [0.29, 0.717) is 16.3 Å². The fraction of sp³-hybridized carbons (Fsp3) is 0.222. The Bertz CT molecular complexity index is 698. The van der Waals surface area contributed by atoms with Gasteiger partial charge in [0.25, 0.3) is 0 Å². The molecule has 0 aromatic heterocycles. The van der Waals surface area contributed by atoms with Crippen LogP contribution in [-0.4, -0.2) is 24.1 Å². The van der Waals surface area contributed by atoms with Gasteiger partial charge in [-0.3, -0.25) is 9.59 Å². The van der Waals surface area contributed by atoms with Crippen LogP contribution in [0.4, 0.5) is 0 Å². The number of hydrogen-bond acceptors (Lipinski definition) is 3. The van der Waals surface area contributed by atoms with Gasteiger partial charge in [-0.15, -0.1) is 0 Å². The van der Waals surface area contributed by atoms with Gasteiger partial charge in [0.1, 0.15) is 5.75 Å². The van der Waals surface area contributed by atoms with E-state index >= 15 is 0 Å². The summed E-state index contributed by atoms with van der Waals surface area (Å²) in [5, 5.41) is 12.5. The van der Waals surface area contributed by atoms with Crippen molar-refractivity contribution in [2.24, 2.45) is 0 Å². The SMILES string of the molecule is COc1ccc([C@H](CC(=O)O)NC(=O)Cc2ccc(Cl)cc2)cc1. The van der Waals surface area contributed by atoms with E-state index in [1.54, 1.807) is 55.6 Å². The number of halogens is 1. The lowest BCUT2D eigenvalue weighted by atomic mass is 10.0. The lowest BCUT2D eigenvalue weighted by Crippen LogP contribution is -2.31. The van der Waals surface area contributed by atoms with Crippen molar-refractivity contribution >= 4 is 23.5 Å². The fourth-order valence-electron chi connectivity index (χ4n) is 2.30. The van der Waals surface area contributed by atoms with E-state index in [4.69, 9.17) is 21.4 Å². The highest BCUT2D eigenvalue weighted by atomic mass is 35.5. The van der Waals surface area contributed by atoms with Crippen LogP contribution in [0.5, 0.6) is 5.75 Å². The van der Waals surface area contributed by atoms with Crippen molar-refractivity contribution in [3.8, 4) is 5.75 Å². The molecule has 5 nitrogen and oxygen atoms in total. The molecule has 2 aromatic carbocycles. The zero-order valence-electron chi connectivity index (χ0n) is 13.2. The van der Waals surface area contributed by atoms with Crippen molar-refractivity contribution < 1.29 is 19.4 Å². The lowest BCUT2D eigenvalue weighted by molar-refractivity contribution is -0.137. The number of hydrogen-bond donors (Lipinski definition) is 2. The molecule has 0 aliphatic rings. The van der Waals surface area contributed by atoms with E-state index in [9.17, 15) is 9.59 Å². The molecule has 126 valence electrons. The number of carboxylic acids is 1. The molecule has 0 spiro atoms. The van der Waals surface area contributed by atoms with E-state index in [1.165, 1.54) is 0 Å². The maximum Gasteiger partial charge on any atom is 0.305 e. The summed E-state index contributed by atoms with van der Waals surface area (Å²) < 4.78 is 5.09. The van der Waals surface area contributed by atoms with Gasteiger partial charge in [0.05, 0.1) is 26.0 Å². The Balaban J connectivity index is 2.08. The van der Waals surface area contributed by atoms with E-state index in [0.717, 1.165) is 5.56 Å². The van der Waals surface area contributed by atoms with E-state index in [-0.39, 0.29) is 18.7 Å². The van der Waals surface area contributed by atoms with Crippen molar-refractivity contribution in [1.82, 2.24) is 5.32 Å².